The van der Waals surface area contributed by atoms with Gasteiger partial charge in [0.1, 0.15) is 6.10 Å². The lowest BCUT2D eigenvalue weighted by Crippen LogP contribution is -2.39. The van der Waals surface area contributed by atoms with Gasteiger partial charge in [-0.25, -0.2) is 18.1 Å². The maximum atomic E-state index is 12.7. The Balaban J connectivity index is 1.59. The molecule has 1 aliphatic rings. The third kappa shape index (κ3) is 5.70. The molecule has 0 saturated heterocycles. The lowest BCUT2D eigenvalue weighted by molar-refractivity contribution is -0.385. The Morgan fingerprint density at radius 3 is 2.39 bits per heavy atom. The number of halogens is 3. The first-order valence-electron chi connectivity index (χ1n) is 9.43. The molecule has 31 heavy (non-hydrogen) atoms. The van der Waals surface area contributed by atoms with Gasteiger partial charge in [0.2, 0.25) is 15.9 Å². The number of pyridine rings is 1. The highest BCUT2D eigenvalue weighted by atomic mass is 32.2. The maximum absolute atomic E-state index is 12.7. The molecule has 1 aliphatic carbocycles. The molecule has 1 heterocycles. The number of nitro benzene ring substituents is 1. The molecule has 0 spiro atoms. The number of rotatable bonds is 6. The highest BCUT2D eigenvalue weighted by Crippen LogP contribution is 2.30. The standard InChI is InChI=1S/C19H20F3N3O5S/c1-12-2-6-15(25(26)27)10-17(12)31(28,29)24-14-4-7-16(8-5-14)30-18-9-3-13(11-23-18)19(20,21)22/h2-3,6,9-11,14,16,24H,4-5,7-8H2,1H3. The number of nitrogens with one attached hydrogen (secondary N) is 1. The van der Waals surface area contributed by atoms with Gasteiger partial charge in [0.05, 0.1) is 15.4 Å². The van der Waals surface area contributed by atoms with Crippen molar-refractivity contribution in [1.82, 2.24) is 9.71 Å². The topological polar surface area (TPSA) is 111 Å². The van der Waals surface area contributed by atoms with Crippen LogP contribution >= 0.6 is 0 Å². The molecular weight excluding hydrogens is 439 g/mol. The van der Waals surface area contributed by atoms with E-state index in [9.17, 15) is 31.7 Å². The van der Waals surface area contributed by atoms with Crippen molar-refractivity contribution in [2.24, 2.45) is 0 Å². The van der Waals surface area contributed by atoms with Crippen LogP contribution in [0.5, 0.6) is 5.88 Å². The summed E-state index contributed by atoms with van der Waals surface area (Å²) >= 11 is 0. The second kappa shape index (κ2) is 8.79. The van der Waals surface area contributed by atoms with Gasteiger partial charge >= 0.3 is 6.18 Å². The number of hydrogen-bond donors (Lipinski definition) is 1. The summed E-state index contributed by atoms with van der Waals surface area (Å²) in [6, 6.07) is 5.32. The molecule has 1 N–H and O–H groups in total. The van der Waals surface area contributed by atoms with Gasteiger partial charge in [-0.3, -0.25) is 10.1 Å². The molecule has 8 nitrogen and oxygen atoms in total. The second-order valence-electron chi connectivity index (χ2n) is 7.30. The van der Waals surface area contributed by atoms with Gasteiger partial charge in [-0.15, -0.1) is 0 Å². The molecule has 1 aromatic heterocycles. The minimum atomic E-state index is -4.47. The van der Waals surface area contributed by atoms with E-state index in [0.29, 0.717) is 37.4 Å². The molecule has 3 rings (SSSR count). The van der Waals surface area contributed by atoms with Crippen LogP contribution in [0.2, 0.25) is 0 Å². The minimum Gasteiger partial charge on any atom is -0.474 e. The van der Waals surface area contributed by atoms with Crippen LogP contribution < -0.4 is 9.46 Å². The van der Waals surface area contributed by atoms with Crippen LogP contribution in [0.1, 0.15) is 36.8 Å². The van der Waals surface area contributed by atoms with Crippen molar-refractivity contribution < 1.29 is 31.2 Å². The zero-order chi connectivity index (χ0) is 22.8. The molecule has 0 atom stereocenters. The first-order valence-corrected chi connectivity index (χ1v) is 10.9. The normalized spacial score (nSPS) is 19.7. The minimum absolute atomic E-state index is 0.0734. The van der Waals surface area contributed by atoms with Crippen molar-refractivity contribution in [1.29, 1.82) is 0 Å². The first kappa shape index (κ1) is 22.9. The van der Waals surface area contributed by atoms with E-state index in [4.69, 9.17) is 4.74 Å². The number of nitro groups is 1. The van der Waals surface area contributed by atoms with Gasteiger partial charge in [0, 0.05) is 30.4 Å². The summed E-state index contributed by atoms with van der Waals surface area (Å²) < 4.78 is 71.4. The third-order valence-electron chi connectivity index (χ3n) is 5.02. The number of hydrogen-bond acceptors (Lipinski definition) is 6. The zero-order valence-corrected chi connectivity index (χ0v) is 17.2. The molecule has 12 heteroatoms. The number of nitrogens with zero attached hydrogens (tertiary/aromatic N) is 2. The van der Waals surface area contributed by atoms with Gasteiger partial charge in [-0.05, 0) is 44.2 Å². The van der Waals surface area contributed by atoms with Crippen LogP contribution in [0.4, 0.5) is 18.9 Å². The van der Waals surface area contributed by atoms with Crippen LogP contribution in [0.15, 0.2) is 41.4 Å². The SMILES string of the molecule is Cc1ccc([N+](=O)[O-])cc1S(=O)(=O)NC1CCC(Oc2ccc(C(F)(F)F)cn2)CC1. The largest absolute Gasteiger partial charge is 0.474 e. The van der Waals surface area contributed by atoms with E-state index in [1.165, 1.54) is 12.1 Å². The fraction of sp³-hybridized carbons (Fsp3) is 0.421. The van der Waals surface area contributed by atoms with E-state index in [0.717, 1.165) is 18.2 Å². The Kier molecular flexibility index (Phi) is 6.51. The zero-order valence-electron chi connectivity index (χ0n) is 16.4. The predicted octanol–water partition coefficient (Wildman–Crippen LogP) is 3.99. The van der Waals surface area contributed by atoms with E-state index in [1.807, 2.05) is 0 Å². The molecule has 0 aliphatic heterocycles. The van der Waals surface area contributed by atoms with Crippen molar-refractivity contribution in [3.05, 3.63) is 57.8 Å². The lowest BCUT2D eigenvalue weighted by atomic mass is 9.94. The van der Waals surface area contributed by atoms with Crippen molar-refractivity contribution in [3.8, 4) is 5.88 Å². The summed E-state index contributed by atoms with van der Waals surface area (Å²) in [5.41, 5.74) is -0.787. The summed E-state index contributed by atoms with van der Waals surface area (Å²) in [5.74, 6) is 0.0734. The Hall–Kier alpha value is -2.73. The highest BCUT2D eigenvalue weighted by Gasteiger charge is 2.31. The molecule has 0 radical (unpaired) electrons. The summed E-state index contributed by atoms with van der Waals surface area (Å²) in [7, 11) is -3.96. The van der Waals surface area contributed by atoms with Crippen LogP contribution in [0.3, 0.4) is 0 Å². The average Bonchev–Trinajstić information content (AvgIpc) is 2.69. The van der Waals surface area contributed by atoms with Crippen molar-refractivity contribution >= 4 is 15.7 Å². The summed E-state index contributed by atoms with van der Waals surface area (Å²) in [6.45, 7) is 1.56. The van der Waals surface area contributed by atoms with E-state index in [1.54, 1.807) is 6.92 Å². The quantitative estimate of drug-likeness (QED) is 0.517. The van der Waals surface area contributed by atoms with Gasteiger partial charge in [-0.2, -0.15) is 13.2 Å². The smallest absolute Gasteiger partial charge is 0.417 e. The number of alkyl halides is 3. The molecule has 1 fully saturated rings. The Morgan fingerprint density at radius 2 is 1.84 bits per heavy atom. The second-order valence-corrected chi connectivity index (χ2v) is 8.98. The van der Waals surface area contributed by atoms with Crippen LogP contribution in [-0.4, -0.2) is 30.5 Å². The highest BCUT2D eigenvalue weighted by molar-refractivity contribution is 7.89. The number of benzene rings is 1. The number of aryl methyl sites for hydroxylation is 1. The predicted molar refractivity (Wildman–Crippen MR) is 104 cm³/mol. The third-order valence-corrected chi connectivity index (χ3v) is 6.68. The molecular formula is C19H20F3N3O5S. The van der Waals surface area contributed by atoms with E-state index in [2.05, 4.69) is 9.71 Å². The summed E-state index contributed by atoms with van der Waals surface area (Å²) in [6.07, 6.45) is -2.23. The van der Waals surface area contributed by atoms with Gasteiger partial charge < -0.3 is 4.74 Å². The number of aromatic nitrogens is 1. The summed E-state index contributed by atoms with van der Waals surface area (Å²) in [4.78, 5) is 13.8. The van der Waals surface area contributed by atoms with Crippen LogP contribution in [-0.2, 0) is 16.2 Å². The van der Waals surface area contributed by atoms with E-state index >= 15 is 0 Å². The summed E-state index contributed by atoms with van der Waals surface area (Å²) in [5, 5.41) is 11.0. The molecule has 0 unspecified atom stereocenters. The van der Waals surface area contributed by atoms with Crippen molar-refractivity contribution in [2.75, 3.05) is 0 Å². The fourth-order valence-corrected chi connectivity index (χ4v) is 4.93. The maximum Gasteiger partial charge on any atom is 0.417 e. The molecule has 168 valence electrons. The number of non-ortho nitro benzene ring substituents is 1. The molecule has 0 bridgehead atoms. The van der Waals surface area contributed by atoms with Gasteiger partial charge in [0.25, 0.3) is 5.69 Å². The molecule has 1 saturated carbocycles. The molecule has 0 amide bonds. The Labute approximate surface area is 176 Å². The van der Waals surface area contributed by atoms with Crippen LogP contribution in [0.25, 0.3) is 0 Å². The number of ether oxygens (including phenoxy) is 1. The first-order chi connectivity index (χ1) is 14.5. The Bertz CT molecular complexity index is 1050. The molecule has 2 aromatic rings. The van der Waals surface area contributed by atoms with Gasteiger partial charge in [-0.1, -0.05) is 6.07 Å². The van der Waals surface area contributed by atoms with Crippen LogP contribution in [0, 0.1) is 17.0 Å². The molecule has 1 aromatic carbocycles. The average molecular weight is 459 g/mol. The van der Waals surface area contributed by atoms with E-state index < -0.39 is 26.7 Å². The monoisotopic (exact) mass is 459 g/mol. The number of sulfonamides is 1. The van der Waals surface area contributed by atoms with E-state index in [-0.39, 0.29) is 28.6 Å². The Morgan fingerprint density at radius 1 is 1.16 bits per heavy atom. The van der Waals surface area contributed by atoms with Crippen molar-refractivity contribution in [3.63, 3.8) is 0 Å². The van der Waals surface area contributed by atoms with Crippen molar-refractivity contribution in [2.45, 2.75) is 55.8 Å². The lowest BCUT2D eigenvalue weighted by Gasteiger charge is -2.29. The van der Waals surface area contributed by atoms with Gasteiger partial charge in [0.15, 0.2) is 0 Å². The fourth-order valence-electron chi connectivity index (χ4n) is 3.36.